The van der Waals surface area contributed by atoms with E-state index in [0.29, 0.717) is 5.92 Å². The third-order valence-electron chi connectivity index (χ3n) is 3.45. The molecule has 1 aliphatic carbocycles. The molecule has 0 spiro atoms. The number of amides is 1. The number of esters is 1. The molecule has 1 rings (SSSR count). The van der Waals surface area contributed by atoms with Crippen molar-refractivity contribution in [2.75, 3.05) is 12.9 Å². The molecular formula is C13H23NO4S. The Kier molecular flexibility index (Phi) is 6.48. The van der Waals surface area contributed by atoms with Crippen molar-refractivity contribution in [1.29, 1.82) is 0 Å². The quantitative estimate of drug-likeness (QED) is 0.766. The molecule has 4 unspecified atom stereocenters. The molecule has 0 heterocycles. The number of rotatable bonds is 5. The average Bonchev–Trinajstić information content (AvgIpc) is 2.36. The highest BCUT2D eigenvalue weighted by Gasteiger charge is 2.29. The zero-order valence-electron chi connectivity index (χ0n) is 11.8. The van der Waals surface area contributed by atoms with E-state index in [1.54, 1.807) is 0 Å². The van der Waals surface area contributed by atoms with Crippen LogP contribution in [0, 0.1) is 5.92 Å². The highest BCUT2D eigenvalue weighted by atomic mass is 32.2. The number of hydrogen-bond acceptors (Lipinski definition) is 4. The summed E-state index contributed by atoms with van der Waals surface area (Å²) in [6.07, 6.45) is 4.13. The molecule has 0 aromatic heterocycles. The van der Waals surface area contributed by atoms with Gasteiger partial charge in [-0.25, -0.2) is 4.79 Å². The Morgan fingerprint density at radius 3 is 2.63 bits per heavy atom. The van der Waals surface area contributed by atoms with Gasteiger partial charge in [-0.1, -0.05) is 19.8 Å². The molecule has 1 saturated carbocycles. The van der Waals surface area contributed by atoms with E-state index >= 15 is 0 Å². The van der Waals surface area contributed by atoms with Gasteiger partial charge >= 0.3 is 5.97 Å². The SMILES string of the molecule is COC(=O)C(CS(=O)C1CCCC(C)C1)NC(C)=O. The van der Waals surface area contributed by atoms with Gasteiger partial charge in [0.1, 0.15) is 6.04 Å². The van der Waals surface area contributed by atoms with E-state index in [1.807, 2.05) is 0 Å². The summed E-state index contributed by atoms with van der Waals surface area (Å²) in [5, 5.41) is 2.63. The molecule has 0 bridgehead atoms. The molecule has 19 heavy (non-hydrogen) atoms. The summed E-state index contributed by atoms with van der Waals surface area (Å²) in [6.45, 7) is 3.50. The lowest BCUT2D eigenvalue weighted by Crippen LogP contribution is -2.45. The molecular weight excluding hydrogens is 266 g/mol. The lowest BCUT2D eigenvalue weighted by molar-refractivity contribution is -0.144. The highest BCUT2D eigenvalue weighted by Crippen LogP contribution is 2.27. The van der Waals surface area contributed by atoms with Crippen LogP contribution in [0.25, 0.3) is 0 Å². The van der Waals surface area contributed by atoms with Crippen molar-refractivity contribution in [2.24, 2.45) is 5.92 Å². The van der Waals surface area contributed by atoms with E-state index in [4.69, 9.17) is 0 Å². The highest BCUT2D eigenvalue weighted by molar-refractivity contribution is 7.85. The maximum absolute atomic E-state index is 12.3. The van der Waals surface area contributed by atoms with Crippen molar-refractivity contribution < 1.29 is 18.5 Å². The third-order valence-corrected chi connectivity index (χ3v) is 5.29. The van der Waals surface area contributed by atoms with Gasteiger partial charge in [0.15, 0.2) is 0 Å². The van der Waals surface area contributed by atoms with Crippen LogP contribution in [0.1, 0.15) is 39.5 Å². The zero-order valence-corrected chi connectivity index (χ0v) is 12.6. The number of carbonyl (C=O) groups is 2. The van der Waals surface area contributed by atoms with Gasteiger partial charge in [0, 0.05) is 23.0 Å². The Morgan fingerprint density at radius 1 is 1.42 bits per heavy atom. The Hall–Kier alpha value is -0.910. The standard InChI is InChI=1S/C13H23NO4S/c1-9-5-4-6-11(7-9)19(17)8-12(13(16)18-3)14-10(2)15/h9,11-12H,4-8H2,1-3H3,(H,14,15). The molecule has 0 aromatic rings. The van der Waals surface area contributed by atoms with Crippen molar-refractivity contribution in [3.63, 3.8) is 0 Å². The van der Waals surface area contributed by atoms with E-state index in [9.17, 15) is 13.8 Å². The van der Waals surface area contributed by atoms with E-state index in [2.05, 4.69) is 17.0 Å². The van der Waals surface area contributed by atoms with Crippen LogP contribution >= 0.6 is 0 Å². The van der Waals surface area contributed by atoms with Gasteiger partial charge in [-0.3, -0.25) is 9.00 Å². The predicted molar refractivity (Wildman–Crippen MR) is 74.1 cm³/mol. The second-order valence-corrected chi connectivity index (χ2v) is 6.98. The fourth-order valence-corrected chi connectivity index (χ4v) is 4.27. The van der Waals surface area contributed by atoms with Gasteiger partial charge in [-0.05, 0) is 18.8 Å². The third kappa shape index (κ3) is 5.30. The molecule has 4 atom stereocenters. The van der Waals surface area contributed by atoms with E-state index < -0.39 is 22.8 Å². The zero-order chi connectivity index (χ0) is 14.4. The first-order valence-electron chi connectivity index (χ1n) is 6.66. The molecule has 1 fully saturated rings. The van der Waals surface area contributed by atoms with Crippen molar-refractivity contribution in [3.05, 3.63) is 0 Å². The number of hydrogen-bond donors (Lipinski definition) is 1. The molecule has 110 valence electrons. The molecule has 1 aliphatic rings. The normalized spacial score (nSPS) is 26.3. The Labute approximate surface area is 116 Å². The number of carbonyl (C=O) groups excluding carboxylic acids is 2. The van der Waals surface area contributed by atoms with E-state index in [1.165, 1.54) is 20.5 Å². The van der Waals surface area contributed by atoms with E-state index in [0.717, 1.165) is 19.3 Å². The summed E-state index contributed by atoms with van der Waals surface area (Å²) in [7, 11) is 0.155. The van der Waals surface area contributed by atoms with Gasteiger partial charge in [-0.2, -0.15) is 0 Å². The first-order valence-corrected chi connectivity index (χ1v) is 8.04. The Balaban J connectivity index is 2.59. The lowest BCUT2D eigenvalue weighted by Gasteiger charge is -2.27. The molecule has 1 amide bonds. The molecule has 0 aromatic carbocycles. The van der Waals surface area contributed by atoms with Crippen LogP contribution in [0.3, 0.4) is 0 Å². The minimum Gasteiger partial charge on any atom is -0.467 e. The monoisotopic (exact) mass is 289 g/mol. The van der Waals surface area contributed by atoms with Crippen molar-refractivity contribution in [1.82, 2.24) is 5.32 Å². The van der Waals surface area contributed by atoms with Gasteiger partial charge in [-0.15, -0.1) is 0 Å². The topological polar surface area (TPSA) is 72.5 Å². The minimum atomic E-state index is -1.11. The average molecular weight is 289 g/mol. The van der Waals surface area contributed by atoms with Crippen LogP contribution in [0.2, 0.25) is 0 Å². The van der Waals surface area contributed by atoms with Gasteiger partial charge in [0.05, 0.1) is 12.9 Å². The van der Waals surface area contributed by atoms with Crippen LogP contribution in [-0.2, 0) is 25.1 Å². The molecule has 5 nitrogen and oxygen atoms in total. The smallest absolute Gasteiger partial charge is 0.329 e. The number of ether oxygens (including phenoxy) is 1. The molecule has 1 N–H and O–H groups in total. The fraction of sp³-hybridized carbons (Fsp3) is 0.846. The summed E-state index contributed by atoms with van der Waals surface area (Å²) in [5.41, 5.74) is 0. The maximum Gasteiger partial charge on any atom is 0.329 e. The maximum atomic E-state index is 12.3. The molecule has 0 aliphatic heterocycles. The van der Waals surface area contributed by atoms with Crippen molar-refractivity contribution in [3.8, 4) is 0 Å². The van der Waals surface area contributed by atoms with Crippen LogP contribution < -0.4 is 5.32 Å². The van der Waals surface area contributed by atoms with Crippen molar-refractivity contribution >= 4 is 22.7 Å². The van der Waals surface area contributed by atoms with Gasteiger partial charge < -0.3 is 10.1 Å². The van der Waals surface area contributed by atoms with Crippen LogP contribution in [0.5, 0.6) is 0 Å². The molecule has 0 saturated heterocycles. The lowest BCUT2D eigenvalue weighted by atomic mass is 9.91. The molecule has 0 radical (unpaired) electrons. The van der Waals surface area contributed by atoms with Crippen LogP contribution in [0.15, 0.2) is 0 Å². The second kappa shape index (κ2) is 7.62. The van der Waals surface area contributed by atoms with Gasteiger partial charge in [0.25, 0.3) is 0 Å². The number of methoxy groups -OCH3 is 1. The summed E-state index contributed by atoms with van der Waals surface area (Å²) in [6, 6.07) is -0.805. The van der Waals surface area contributed by atoms with Crippen molar-refractivity contribution in [2.45, 2.75) is 50.8 Å². The summed E-state index contributed by atoms with van der Waals surface area (Å²) in [4.78, 5) is 22.6. The Bertz CT molecular complexity index is 359. The fourth-order valence-electron chi connectivity index (χ4n) is 2.47. The van der Waals surface area contributed by atoms with Crippen LogP contribution in [0.4, 0.5) is 0 Å². The Morgan fingerprint density at radius 2 is 2.11 bits per heavy atom. The second-order valence-electron chi connectivity index (χ2n) is 5.22. The summed E-state index contributed by atoms with van der Waals surface area (Å²) >= 11 is 0. The largest absolute Gasteiger partial charge is 0.467 e. The first kappa shape index (κ1) is 16.1. The molecule has 6 heteroatoms. The van der Waals surface area contributed by atoms with Crippen LogP contribution in [-0.4, -0.2) is 40.2 Å². The minimum absolute atomic E-state index is 0.129. The summed E-state index contributed by atoms with van der Waals surface area (Å²) < 4.78 is 16.9. The summed E-state index contributed by atoms with van der Waals surface area (Å²) in [5.74, 6) is -0.124. The number of nitrogens with one attached hydrogen (secondary N) is 1. The van der Waals surface area contributed by atoms with E-state index in [-0.39, 0.29) is 16.9 Å². The predicted octanol–water partition coefficient (Wildman–Crippen LogP) is 0.991. The first-order chi connectivity index (χ1) is 8.93. The van der Waals surface area contributed by atoms with Gasteiger partial charge in [0.2, 0.25) is 5.91 Å².